The summed E-state index contributed by atoms with van der Waals surface area (Å²) in [6, 6.07) is 2.92. The molecule has 0 aliphatic carbocycles. The van der Waals surface area contributed by atoms with E-state index < -0.39 is 40.6 Å². The maximum Gasteiger partial charge on any atom is 0.428 e. The molecular formula is C23H15F5N5O2+. The third kappa shape index (κ3) is 3.88. The molecular weight excluding hydrogens is 473 g/mol. The van der Waals surface area contributed by atoms with Gasteiger partial charge in [0.15, 0.2) is 17.3 Å². The van der Waals surface area contributed by atoms with Crippen molar-refractivity contribution in [3.8, 4) is 0 Å². The van der Waals surface area contributed by atoms with E-state index in [1.54, 1.807) is 0 Å². The molecule has 1 aliphatic heterocycles. The monoisotopic (exact) mass is 488 g/mol. The van der Waals surface area contributed by atoms with Gasteiger partial charge in [-0.2, -0.15) is 18.2 Å². The number of halogens is 5. The molecule has 0 unspecified atom stereocenters. The van der Waals surface area contributed by atoms with E-state index in [1.807, 2.05) is 6.20 Å². The highest BCUT2D eigenvalue weighted by Crippen LogP contribution is 2.29. The van der Waals surface area contributed by atoms with Gasteiger partial charge in [-0.05, 0) is 42.7 Å². The molecule has 1 amide bonds. The number of rotatable bonds is 4. The maximum absolute atomic E-state index is 14.3. The van der Waals surface area contributed by atoms with Crippen LogP contribution in [0.3, 0.4) is 0 Å². The van der Waals surface area contributed by atoms with Crippen LogP contribution in [0.5, 0.6) is 0 Å². The van der Waals surface area contributed by atoms with Crippen LogP contribution in [-0.2, 0) is 19.1 Å². The number of nitrogens with one attached hydrogen (secondary N) is 2. The first-order valence-electron chi connectivity index (χ1n) is 10.4. The number of alkyl halides is 3. The largest absolute Gasteiger partial charge is 0.428 e. The van der Waals surface area contributed by atoms with E-state index in [1.165, 1.54) is 18.0 Å². The summed E-state index contributed by atoms with van der Waals surface area (Å²) in [4.78, 5) is 40.4. The lowest BCUT2D eigenvalue weighted by molar-refractivity contribution is -0.265. The van der Waals surface area contributed by atoms with Gasteiger partial charge in [0.1, 0.15) is 23.9 Å². The number of H-pyrrole nitrogens is 2. The topological polar surface area (TPSA) is 95.9 Å². The van der Waals surface area contributed by atoms with E-state index in [9.17, 15) is 31.5 Å². The van der Waals surface area contributed by atoms with Crippen LogP contribution in [0.15, 0.2) is 24.4 Å². The summed E-state index contributed by atoms with van der Waals surface area (Å²) in [5.41, 5.74) is -0.937. The fraction of sp³-hybridized carbons (Fsp3) is 0.217. The molecule has 7 nitrogen and oxygen atoms in total. The first-order valence-corrected chi connectivity index (χ1v) is 10.4. The normalized spacial score (nSPS) is 13.8. The van der Waals surface area contributed by atoms with E-state index >= 15 is 0 Å². The molecule has 0 spiro atoms. The molecule has 4 aromatic rings. The lowest BCUT2D eigenvalue weighted by atomic mass is 9.95. The van der Waals surface area contributed by atoms with Crippen molar-refractivity contribution < 1.29 is 36.5 Å². The van der Waals surface area contributed by atoms with Gasteiger partial charge in [-0.1, -0.05) is 0 Å². The van der Waals surface area contributed by atoms with Crippen molar-refractivity contribution in [2.75, 3.05) is 6.54 Å². The first kappa shape index (κ1) is 22.5. The second-order valence-electron chi connectivity index (χ2n) is 8.16. The standard InChI is InChI=1S/C23H14F5N5O2/c1-10-4-14(24)18(15(25)5-10)20(34)13-8-29-19-12(13)2-3-33(22(19)35)9-17-31-16-6-11(23(26,27)28)7-30-21(16)32-17/h4-6,8H,2-3,9H2,1H3,(H,29,34,35)/p+1. The number of hydrogen-bond donors (Lipinski definition) is 2. The lowest BCUT2D eigenvalue weighted by Crippen LogP contribution is -2.37. The third-order valence-corrected chi connectivity index (χ3v) is 5.75. The van der Waals surface area contributed by atoms with E-state index in [0.717, 1.165) is 18.2 Å². The third-order valence-electron chi connectivity index (χ3n) is 5.75. The summed E-state index contributed by atoms with van der Waals surface area (Å²) in [6.07, 6.45) is -1.25. The predicted octanol–water partition coefficient (Wildman–Crippen LogP) is 3.33. The molecule has 178 valence electrons. The first-order chi connectivity index (χ1) is 16.5. The van der Waals surface area contributed by atoms with Gasteiger partial charge in [0.05, 0.1) is 5.56 Å². The van der Waals surface area contributed by atoms with Gasteiger partial charge in [-0.15, -0.1) is 0 Å². The zero-order valence-corrected chi connectivity index (χ0v) is 18.0. The van der Waals surface area contributed by atoms with Crippen molar-refractivity contribution in [3.05, 3.63) is 81.6 Å². The van der Waals surface area contributed by atoms with Crippen molar-refractivity contribution in [1.82, 2.24) is 19.9 Å². The maximum atomic E-state index is 14.3. The van der Waals surface area contributed by atoms with Gasteiger partial charge in [-0.3, -0.25) is 9.59 Å². The fourth-order valence-electron chi connectivity index (χ4n) is 4.11. The average molecular weight is 488 g/mol. The van der Waals surface area contributed by atoms with Crippen molar-refractivity contribution in [3.63, 3.8) is 0 Å². The van der Waals surface area contributed by atoms with Gasteiger partial charge in [-0.25, -0.2) is 18.7 Å². The van der Waals surface area contributed by atoms with Crippen molar-refractivity contribution in [2.24, 2.45) is 0 Å². The van der Waals surface area contributed by atoms with Crippen molar-refractivity contribution in [1.29, 1.82) is 0 Å². The zero-order chi connectivity index (χ0) is 25.1. The molecule has 12 heteroatoms. The Morgan fingerprint density at radius 2 is 1.94 bits per heavy atom. The molecule has 5 rings (SSSR count). The molecule has 1 aliphatic rings. The Morgan fingerprint density at radius 3 is 2.63 bits per heavy atom. The number of aromatic amines is 2. The molecule has 3 aromatic heterocycles. The average Bonchev–Trinajstić information content (AvgIpc) is 3.37. The van der Waals surface area contributed by atoms with Gasteiger partial charge < -0.3 is 9.88 Å². The van der Waals surface area contributed by atoms with Crippen LogP contribution in [0.25, 0.3) is 11.2 Å². The van der Waals surface area contributed by atoms with Crippen LogP contribution in [0, 0.1) is 24.8 Å². The Labute approximate surface area is 194 Å². The van der Waals surface area contributed by atoms with Gasteiger partial charge in [0.25, 0.3) is 5.91 Å². The molecule has 35 heavy (non-hydrogen) atoms. The van der Waals surface area contributed by atoms with E-state index in [0.29, 0.717) is 11.1 Å². The molecule has 0 saturated heterocycles. The van der Waals surface area contributed by atoms with Gasteiger partial charge >= 0.3 is 11.8 Å². The Hall–Kier alpha value is -4.27. The number of nitrogens with zero attached hydrogens (tertiary/aromatic N) is 3. The van der Waals surface area contributed by atoms with E-state index in [2.05, 4.69) is 19.9 Å². The van der Waals surface area contributed by atoms with E-state index in [4.69, 9.17) is 0 Å². The van der Waals surface area contributed by atoms with Crippen molar-refractivity contribution >= 4 is 22.9 Å². The lowest BCUT2D eigenvalue weighted by Gasteiger charge is -2.25. The Morgan fingerprint density at radius 1 is 1.23 bits per heavy atom. The zero-order valence-electron chi connectivity index (χ0n) is 18.0. The summed E-state index contributed by atoms with van der Waals surface area (Å²) >= 11 is 0. The number of carbonyl (C=O) groups is 2. The predicted molar refractivity (Wildman–Crippen MR) is 109 cm³/mol. The minimum atomic E-state index is -4.62. The summed E-state index contributed by atoms with van der Waals surface area (Å²) < 4.78 is 67.3. The highest BCUT2D eigenvalue weighted by Gasteiger charge is 2.35. The minimum Gasteiger partial charge on any atom is -0.356 e. The SMILES string of the molecule is Cc1cc(F)c(C(=O)c2c[nH]c3c2CCN(Cc2nc4cc(C(F)(F)F)c#[n+]c4[nH]2)C3=O)c(F)c1. The van der Waals surface area contributed by atoms with Gasteiger partial charge in [0.2, 0.25) is 11.6 Å². The smallest absolute Gasteiger partial charge is 0.356 e. The number of amides is 1. The second-order valence-corrected chi connectivity index (χ2v) is 8.16. The molecule has 0 radical (unpaired) electrons. The van der Waals surface area contributed by atoms with Crippen LogP contribution in [0.1, 0.15) is 48.9 Å². The molecule has 0 saturated carbocycles. The van der Waals surface area contributed by atoms with Crippen molar-refractivity contribution in [2.45, 2.75) is 26.1 Å². The summed E-state index contributed by atoms with van der Waals surface area (Å²) in [6.45, 7) is 1.59. The van der Waals surface area contributed by atoms with Crippen LogP contribution in [0.2, 0.25) is 0 Å². The summed E-state index contributed by atoms with van der Waals surface area (Å²) in [5, 5.41) is 0. The van der Waals surface area contributed by atoms with Crippen LogP contribution >= 0.6 is 0 Å². The number of hydrogen-bond acceptors (Lipinski definition) is 3. The molecule has 4 heterocycles. The molecule has 0 fully saturated rings. The fourth-order valence-corrected chi connectivity index (χ4v) is 4.11. The van der Waals surface area contributed by atoms with Gasteiger partial charge in [0, 0.05) is 18.3 Å². The number of imidazole rings is 1. The number of fused-ring (bicyclic) bond motifs is 2. The number of benzene rings is 1. The molecule has 0 atom stereocenters. The summed E-state index contributed by atoms with van der Waals surface area (Å²) in [5.74, 6) is -3.14. The number of aryl methyl sites for hydroxylation is 1. The Bertz CT molecular complexity index is 1480. The highest BCUT2D eigenvalue weighted by atomic mass is 19.4. The number of aromatic nitrogens is 4. The Kier molecular flexibility index (Phi) is 5.08. The number of ketones is 1. The second kappa shape index (κ2) is 7.90. The minimum absolute atomic E-state index is 0.00203. The molecule has 1 aromatic carbocycles. The highest BCUT2D eigenvalue weighted by molar-refractivity contribution is 6.12. The molecule has 0 bridgehead atoms. The molecule has 2 N–H and O–H groups in total. The quantitative estimate of drug-likeness (QED) is 0.340. The summed E-state index contributed by atoms with van der Waals surface area (Å²) in [7, 11) is 0. The van der Waals surface area contributed by atoms with E-state index in [-0.39, 0.29) is 47.8 Å². The van der Waals surface area contributed by atoms with Crippen LogP contribution in [-0.4, -0.2) is 38.1 Å². The van der Waals surface area contributed by atoms with Crippen LogP contribution in [0.4, 0.5) is 22.0 Å². The number of carbonyl (C=O) groups excluding carboxylic acids is 2. The van der Waals surface area contributed by atoms with Crippen LogP contribution < -0.4 is 4.98 Å². The Balaban J connectivity index is 1.39.